The molecular formula is C16H19Cl2NS. The summed E-state index contributed by atoms with van der Waals surface area (Å²) in [6.07, 6.45) is 0.984. The van der Waals surface area contributed by atoms with Crippen molar-refractivity contribution in [2.24, 2.45) is 0 Å². The van der Waals surface area contributed by atoms with Gasteiger partial charge in [-0.25, -0.2) is 0 Å². The second kappa shape index (κ2) is 7.46. The SMILES string of the molecule is CC(C)NCC(Cc1ccc(Cl)s1)c1cccc(Cl)c1. The van der Waals surface area contributed by atoms with Crippen LogP contribution < -0.4 is 5.32 Å². The Kier molecular flexibility index (Phi) is 5.91. The molecule has 2 rings (SSSR count). The summed E-state index contributed by atoms with van der Waals surface area (Å²) >= 11 is 13.8. The van der Waals surface area contributed by atoms with Crippen molar-refractivity contribution in [3.05, 3.63) is 56.2 Å². The van der Waals surface area contributed by atoms with Gasteiger partial charge in [0.05, 0.1) is 4.34 Å². The summed E-state index contributed by atoms with van der Waals surface area (Å²) in [4.78, 5) is 1.31. The standard InChI is InChI=1S/C16H19Cl2NS/c1-11(2)19-10-13(9-15-6-7-16(18)20-15)12-4-3-5-14(17)8-12/h3-8,11,13,19H,9-10H2,1-2H3. The average molecular weight is 328 g/mol. The van der Waals surface area contributed by atoms with Crippen molar-refractivity contribution in [3.8, 4) is 0 Å². The Balaban J connectivity index is 2.15. The van der Waals surface area contributed by atoms with Gasteiger partial charge in [-0.3, -0.25) is 0 Å². The summed E-state index contributed by atoms with van der Waals surface area (Å²) in [6.45, 7) is 5.27. The number of nitrogens with one attached hydrogen (secondary N) is 1. The van der Waals surface area contributed by atoms with Crippen LogP contribution >= 0.6 is 34.5 Å². The minimum absolute atomic E-state index is 0.408. The lowest BCUT2D eigenvalue weighted by Gasteiger charge is -2.19. The lowest BCUT2D eigenvalue weighted by molar-refractivity contribution is 0.528. The van der Waals surface area contributed by atoms with Crippen LogP contribution in [-0.2, 0) is 6.42 Å². The van der Waals surface area contributed by atoms with Crippen molar-refractivity contribution < 1.29 is 0 Å². The Hall–Kier alpha value is -0.540. The van der Waals surface area contributed by atoms with Gasteiger partial charge in [0.2, 0.25) is 0 Å². The molecule has 20 heavy (non-hydrogen) atoms. The highest BCUT2D eigenvalue weighted by Crippen LogP contribution is 2.28. The van der Waals surface area contributed by atoms with Crippen LogP contribution in [0.5, 0.6) is 0 Å². The van der Waals surface area contributed by atoms with E-state index in [4.69, 9.17) is 23.2 Å². The van der Waals surface area contributed by atoms with Crippen molar-refractivity contribution >= 4 is 34.5 Å². The highest BCUT2D eigenvalue weighted by atomic mass is 35.5. The van der Waals surface area contributed by atoms with E-state index >= 15 is 0 Å². The minimum Gasteiger partial charge on any atom is -0.314 e. The van der Waals surface area contributed by atoms with Crippen LogP contribution in [0.25, 0.3) is 0 Å². The van der Waals surface area contributed by atoms with Crippen molar-refractivity contribution in [3.63, 3.8) is 0 Å². The van der Waals surface area contributed by atoms with Crippen molar-refractivity contribution in [2.75, 3.05) is 6.54 Å². The summed E-state index contributed by atoms with van der Waals surface area (Å²) in [6, 6.07) is 12.7. The molecule has 0 aliphatic carbocycles. The molecule has 1 aromatic heterocycles. The third-order valence-corrected chi connectivity index (χ3v) is 4.66. The third-order valence-electron chi connectivity index (χ3n) is 3.17. The molecule has 0 radical (unpaired) electrons. The van der Waals surface area contributed by atoms with Crippen LogP contribution in [0.4, 0.5) is 0 Å². The molecule has 0 amide bonds. The van der Waals surface area contributed by atoms with Crippen molar-refractivity contribution in [1.82, 2.24) is 5.32 Å². The third kappa shape index (κ3) is 4.78. The Morgan fingerprint density at radius 1 is 1.15 bits per heavy atom. The molecule has 1 unspecified atom stereocenters. The molecule has 2 aromatic rings. The highest BCUT2D eigenvalue weighted by molar-refractivity contribution is 7.16. The number of hydrogen-bond acceptors (Lipinski definition) is 2. The van der Waals surface area contributed by atoms with Crippen LogP contribution in [0.3, 0.4) is 0 Å². The summed E-state index contributed by atoms with van der Waals surface area (Å²) in [5.41, 5.74) is 1.27. The molecule has 1 aromatic carbocycles. The first-order valence-electron chi connectivity index (χ1n) is 6.77. The van der Waals surface area contributed by atoms with Gasteiger partial charge >= 0.3 is 0 Å². The number of thiophene rings is 1. The zero-order valence-corrected chi connectivity index (χ0v) is 14.0. The van der Waals surface area contributed by atoms with Crippen LogP contribution in [0, 0.1) is 0 Å². The molecule has 1 N–H and O–H groups in total. The van der Waals surface area contributed by atoms with Crippen LogP contribution in [0.1, 0.15) is 30.2 Å². The summed E-state index contributed by atoms with van der Waals surface area (Å²) in [5, 5.41) is 4.31. The Morgan fingerprint density at radius 2 is 1.95 bits per heavy atom. The van der Waals surface area contributed by atoms with E-state index in [-0.39, 0.29) is 0 Å². The van der Waals surface area contributed by atoms with Crippen LogP contribution in [0.15, 0.2) is 36.4 Å². The zero-order chi connectivity index (χ0) is 14.5. The topological polar surface area (TPSA) is 12.0 Å². The number of hydrogen-bond donors (Lipinski definition) is 1. The van der Waals surface area contributed by atoms with Gasteiger partial charge in [0.1, 0.15) is 0 Å². The smallest absolute Gasteiger partial charge is 0.0931 e. The number of halogens is 2. The van der Waals surface area contributed by atoms with E-state index in [0.29, 0.717) is 12.0 Å². The van der Waals surface area contributed by atoms with Gasteiger partial charge in [0.25, 0.3) is 0 Å². The van der Waals surface area contributed by atoms with Gasteiger partial charge in [-0.15, -0.1) is 11.3 Å². The van der Waals surface area contributed by atoms with E-state index in [0.717, 1.165) is 22.3 Å². The highest BCUT2D eigenvalue weighted by Gasteiger charge is 2.14. The maximum atomic E-state index is 6.12. The minimum atomic E-state index is 0.408. The molecular weight excluding hydrogens is 309 g/mol. The quantitative estimate of drug-likeness (QED) is 0.751. The zero-order valence-electron chi connectivity index (χ0n) is 11.7. The molecule has 4 heteroatoms. The molecule has 0 aliphatic rings. The molecule has 0 aliphatic heterocycles. The Morgan fingerprint density at radius 3 is 2.55 bits per heavy atom. The van der Waals surface area contributed by atoms with E-state index < -0.39 is 0 Å². The second-order valence-corrected chi connectivity index (χ2v) is 7.46. The van der Waals surface area contributed by atoms with E-state index in [1.54, 1.807) is 11.3 Å². The van der Waals surface area contributed by atoms with Crippen molar-refractivity contribution in [2.45, 2.75) is 32.2 Å². The fraction of sp³-hybridized carbons (Fsp3) is 0.375. The molecule has 0 fully saturated rings. The van der Waals surface area contributed by atoms with Gasteiger partial charge < -0.3 is 5.32 Å². The largest absolute Gasteiger partial charge is 0.314 e. The Labute approximate surface area is 134 Å². The van der Waals surface area contributed by atoms with E-state index in [2.05, 4.69) is 37.4 Å². The first kappa shape index (κ1) is 15.8. The molecule has 108 valence electrons. The molecule has 0 saturated heterocycles. The molecule has 0 saturated carbocycles. The lowest BCUT2D eigenvalue weighted by Crippen LogP contribution is -2.28. The molecule has 1 atom stereocenters. The van der Waals surface area contributed by atoms with E-state index in [9.17, 15) is 0 Å². The van der Waals surface area contributed by atoms with E-state index in [1.165, 1.54) is 10.4 Å². The van der Waals surface area contributed by atoms with Gasteiger partial charge in [-0.2, -0.15) is 0 Å². The summed E-state index contributed by atoms with van der Waals surface area (Å²) in [5.74, 6) is 0.408. The predicted molar refractivity (Wildman–Crippen MR) is 90.4 cm³/mol. The Bertz CT molecular complexity index is 551. The maximum Gasteiger partial charge on any atom is 0.0931 e. The van der Waals surface area contributed by atoms with Crippen molar-refractivity contribution in [1.29, 1.82) is 0 Å². The normalized spacial score (nSPS) is 12.8. The second-order valence-electron chi connectivity index (χ2n) is 5.22. The maximum absolute atomic E-state index is 6.12. The monoisotopic (exact) mass is 327 g/mol. The van der Waals surface area contributed by atoms with Gasteiger partial charge in [0, 0.05) is 28.4 Å². The lowest BCUT2D eigenvalue weighted by atomic mass is 9.94. The fourth-order valence-electron chi connectivity index (χ4n) is 2.15. The number of benzene rings is 1. The van der Waals surface area contributed by atoms with Crippen LogP contribution in [-0.4, -0.2) is 12.6 Å². The molecule has 0 spiro atoms. The summed E-state index contributed by atoms with van der Waals surface area (Å²) < 4.78 is 0.849. The summed E-state index contributed by atoms with van der Waals surface area (Å²) in [7, 11) is 0. The van der Waals surface area contributed by atoms with Gasteiger partial charge in [0.15, 0.2) is 0 Å². The molecule has 0 bridgehead atoms. The first-order chi connectivity index (χ1) is 9.54. The van der Waals surface area contributed by atoms with Gasteiger partial charge in [-0.05, 0) is 36.2 Å². The predicted octanol–water partition coefficient (Wildman–Crippen LogP) is 5.38. The van der Waals surface area contributed by atoms with Crippen LogP contribution in [0.2, 0.25) is 9.36 Å². The number of rotatable bonds is 6. The van der Waals surface area contributed by atoms with E-state index in [1.807, 2.05) is 18.2 Å². The first-order valence-corrected chi connectivity index (χ1v) is 8.35. The average Bonchev–Trinajstić information content (AvgIpc) is 2.80. The molecule has 1 nitrogen and oxygen atoms in total. The fourth-order valence-corrected chi connectivity index (χ4v) is 3.52. The molecule has 1 heterocycles. The van der Waals surface area contributed by atoms with Gasteiger partial charge in [-0.1, -0.05) is 49.2 Å².